The van der Waals surface area contributed by atoms with Crippen molar-refractivity contribution in [3.63, 3.8) is 0 Å². The van der Waals surface area contributed by atoms with Crippen LogP contribution in [0.4, 0.5) is 0 Å². The largest absolute Gasteiger partial charge is 0.301 e. The molecule has 1 aromatic heterocycles. The highest BCUT2D eigenvalue weighted by Crippen LogP contribution is 2.42. The lowest BCUT2D eigenvalue weighted by atomic mass is 10.0. The summed E-state index contributed by atoms with van der Waals surface area (Å²) in [7, 11) is 0. The van der Waals surface area contributed by atoms with Crippen LogP contribution in [0.3, 0.4) is 0 Å². The monoisotopic (exact) mass is 306 g/mol. The molecule has 2 atom stereocenters. The molecular formula is C16H19ClN2S. The molecule has 0 amide bonds. The van der Waals surface area contributed by atoms with Crippen LogP contribution < -0.4 is 5.32 Å². The van der Waals surface area contributed by atoms with E-state index in [0.29, 0.717) is 6.04 Å². The predicted octanol–water partition coefficient (Wildman–Crippen LogP) is 4.91. The second-order valence-corrected chi connectivity index (χ2v) is 6.91. The lowest BCUT2D eigenvalue weighted by Crippen LogP contribution is -2.26. The summed E-state index contributed by atoms with van der Waals surface area (Å²) in [5, 5.41) is 7.83. The minimum atomic E-state index is 0.287. The first kappa shape index (κ1) is 14.1. The molecule has 1 N–H and O–H groups in total. The molecule has 1 heterocycles. The first-order valence-electron chi connectivity index (χ1n) is 7.07. The van der Waals surface area contributed by atoms with Gasteiger partial charge in [-0.05, 0) is 50.3 Å². The minimum Gasteiger partial charge on any atom is -0.301 e. The third kappa shape index (κ3) is 3.22. The molecule has 1 saturated carbocycles. The summed E-state index contributed by atoms with van der Waals surface area (Å²) in [4.78, 5) is 4.59. The van der Waals surface area contributed by atoms with Crippen LogP contribution in [-0.4, -0.2) is 4.98 Å². The van der Waals surface area contributed by atoms with Gasteiger partial charge in [-0.25, -0.2) is 4.98 Å². The third-order valence-electron chi connectivity index (χ3n) is 3.76. The van der Waals surface area contributed by atoms with E-state index in [2.05, 4.69) is 34.7 Å². The summed E-state index contributed by atoms with van der Waals surface area (Å²) in [5.74, 6) is 0.750. The number of rotatable bonds is 5. The Kier molecular flexibility index (Phi) is 4.11. The fourth-order valence-corrected chi connectivity index (χ4v) is 3.45. The number of aryl methyl sites for hydroxylation is 1. The summed E-state index contributed by atoms with van der Waals surface area (Å²) in [6.45, 7) is 4.24. The molecule has 1 aliphatic carbocycles. The predicted molar refractivity (Wildman–Crippen MR) is 85.3 cm³/mol. The molecule has 0 radical (unpaired) electrons. The van der Waals surface area contributed by atoms with Gasteiger partial charge in [-0.1, -0.05) is 23.7 Å². The maximum Gasteiger partial charge on any atom is 0.110 e. The van der Waals surface area contributed by atoms with Crippen molar-refractivity contribution < 1.29 is 0 Å². The molecule has 2 nitrogen and oxygen atoms in total. The smallest absolute Gasteiger partial charge is 0.110 e. The van der Waals surface area contributed by atoms with Crippen LogP contribution in [0.1, 0.15) is 48.1 Å². The number of benzene rings is 1. The Morgan fingerprint density at radius 3 is 2.55 bits per heavy atom. The second-order valence-electron chi connectivity index (χ2n) is 5.58. The fraction of sp³-hybridized carbons (Fsp3) is 0.438. The Morgan fingerprint density at radius 1 is 1.30 bits per heavy atom. The molecule has 2 unspecified atom stereocenters. The van der Waals surface area contributed by atoms with Gasteiger partial charge in [-0.15, -0.1) is 11.3 Å². The number of aromatic nitrogens is 1. The number of nitrogens with zero attached hydrogens (tertiary/aromatic N) is 1. The average Bonchev–Trinajstić information content (AvgIpc) is 3.18. The fourth-order valence-electron chi connectivity index (χ4n) is 2.52. The van der Waals surface area contributed by atoms with E-state index in [0.717, 1.165) is 16.6 Å². The van der Waals surface area contributed by atoms with E-state index in [4.69, 9.17) is 11.6 Å². The summed E-state index contributed by atoms with van der Waals surface area (Å²) in [5.41, 5.74) is 2.44. The summed E-state index contributed by atoms with van der Waals surface area (Å²) in [6.07, 6.45) is 2.62. The molecule has 1 fully saturated rings. The number of thiazole rings is 1. The van der Waals surface area contributed by atoms with Gasteiger partial charge in [0.05, 0.1) is 6.04 Å². The van der Waals surface area contributed by atoms with Gasteiger partial charge in [0, 0.05) is 22.1 Å². The third-order valence-corrected chi connectivity index (χ3v) is 5.16. The van der Waals surface area contributed by atoms with Crippen LogP contribution in [-0.2, 0) is 0 Å². The highest BCUT2D eigenvalue weighted by Gasteiger charge is 2.33. The van der Waals surface area contributed by atoms with Crippen LogP contribution in [0.5, 0.6) is 0 Å². The zero-order valence-electron chi connectivity index (χ0n) is 11.8. The molecule has 20 heavy (non-hydrogen) atoms. The van der Waals surface area contributed by atoms with Crippen LogP contribution in [0.15, 0.2) is 29.6 Å². The molecule has 1 aliphatic rings. The van der Waals surface area contributed by atoms with Crippen molar-refractivity contribution in [1.82, 2.24) is 10.3 Å². The van der Waals surface area contributed by atoms with Crippen LogP contribution in [0, 0.1) is 12.8 Å². The average molecular weight is 307 g/mol. The Hall–Kier alpha value is -0.900. The zero-order valence-corrected chi connectivity index (χ0v) is 13.3. The number of halogens is 1. The standard InChI is InChI=1S/C16H19ClN2S/c1-10-9-20-16(18-10)11(2)19-15(12-3-4-12)13-5-7-14(17)8-6-13/h5-9,11-12,15,19H,3-4H2,1-2H3. The zero-order chi connectivity index (χ0) is 14.1. The maximum absolute atomic E-state index is 5.99. The molecule has 3 rings (SSSR count). The highest BCUT2D eigenvalue weighted by molar-refractivity contribution is 7.09. The van der Waals surface area contributed by atoms with Crippen LogP contribution >= 0.6 is 22.9 Å². The van der Waals surface area contributed by atoms with Gasteiger partial charge in [0.15, 0.2) is 0 Å². The summed E-state index contributed by atoms with van der Waals surface area (Å²) < 4.78 is 0. The molecule has 0 bridgehead atoms. The van der Waals surface area contributed by atoms with E-state index in [1.807, 2.05) is 19.1 Å². The van der Waals surface area contributed by atoms with Crippen molar-refractivity contribution in [2.24, 2.45) is 5.92 Å². The van der Waals surface area contributed by atoms with Crippen molar-refractivity contribution in [2.75, 3.05) is 0 Å². The van der Waals surface area contributed by atoms with E-state index in [1.165, 1.54) is 23.4 Å². The van der Waals surface area contributed by atoms with Gasteiger partial charge in [-0.3, -0.25) is 0 Å². The van der Waals surface area contributed by atoms with Crippen molar-refractivity contribution in [3.8, 4) is 0 Å². The Labute approximate surface area is 129 Å². The van der Waals surface area contributed by atoms with Gasteiger partial charge < -0.3 is 5.32 Å². The first-order chi connectivity index (χ1) is 9.63. The highest BCUT2D eigenvalue weighted by atomic mass is 35.5. The Balaban J connectivity index is 1.76. The van der Waals surface area contributed by atoms with Gasteiger partial charge in [0.25, 0.3) is 0 Å². The number of hydrogen-bond acceptors (Lipinski definition) is 3. The summed E-state index contributed by atoms with van der Waals surface area (Å²) >= 11 is 7.72. The van der Waals surface area contributed by atoms with Crippen LogP contribution in [0.2, 0.25) is 5.02 Å². The molecular weight excluding hydrogens is 288 g/mol. The minimum absolute atomic E-state index is 0.287. The molecule has 106 valence electrons. The van der Waals surface area contributed by atoms with Gasteiger partial charge in [0.2, 0.25) is 0 Å². The molecule has 0 aliphatic heterocycles. The SMILES string of the molecule is Cc1csc(C(C)NC(c2ccc(Cl)cc2)C2CC2)n1. The topological polar surface area (TPSA) is 24.9 Å². The molecule has 2 aromatic rings. The molecule has 4 heteroatoms. The van der Waals surface area contributed by atoms with Gasteiger partial charge >= 0.3 is 0 Å². The lowest BCUT2D eigenvalue weighted by Gasteiger charge is -2.22. The molecule has 1 aromatic carbocycles. The second kappa shape index (κ2) is 5.84. The van der Waals surface area contributed by atoms with Crippen LogP contribution in [0.25, 0.3) is 0 Å². The summed E-state index contributed by atoms with van der Waals surface area (Å²) in [6, 6.07) is 8.93. The molecule has 0 spiro atoms. The van der Waals surface area contributed by atoms with E-state index in [1.54, 1.807) is 11.3 Å². The van der Waals surface area contributed by atoms with Crippen molar-refractivity contribution in [2.45, 2.75) is 38.8 Å². The normalized spacial score (nSPS) is 17.9. The maximum atomic E-state index is 5.99. The Bertz CT molecular complexity index is 574. The van der Waals surface area contributed by atoms with Crippen molar-refractivity contribution in [1.29, 1.82) is 0 Å². The quantitative estimate of drug-likeness (QED) is 0.849. The van der Waals surface area contributed by atoms with Crippen molar-refractivity contribution in [3.05, 3.63) is 50.9 Å². The number of hydrogen-bond donors (Lipinski definition) is 1. The Morgan fingerprint density at radius 2 is 2.00 bits per heavy atom. The van der Waals surface area contributed by atoms with E-state index in [9.17, 15) is 0 Å². The molecule has 0 saturated heterocycles. The van der Waals surface area contributed by atoms with Gasteiger partial charge in [0.1, 0.15) is 5.01 Å². The van der Waals surface area contributed by atoms with Crippen molar-refractivity contribution >= 4 is 22.9 Å². The lowest BCUT2D eigenvalue weighted by molar-refractivity contribution is 0.426. The van der Waals surface area contributed by atoms with E-state index in [-0.39, 0.29) is 6.04 Å². The van der Waals surface area contributed by atoms with Gasteiger partial charge in [-0.2, -0.15) is 0 Å². The number of nitrogens with one attached hydrogen (secondary N) is 1. The van der Waals surface area contributed by atoms with E-state index < -0.39 is 0 Å². The van der Waals surface area contributed by atoms with E-state index >= 15 is 0 Å². The first-order valence-corrected chi connectivity index (χ1v) is 8.33.